The van der Waals surface area contributed by atoms with Crippen molar-refractivity contribution in [2.45, 2.75) is 37.0 Å². The number of rotatable bonds is 9. The molecule has 10 nitrogen and oxygen atoms in total. The van der Waals surface area contributed by atoms with Crippen LogP contribution in [0.4, 0.5) is 5.69 Å². The van der Waals surface area contributed by atoms with Crippen LogP contribution in [0.25, 0.3) is 0 Å². The molecule has 1 amide bonds. The van der Waals surface area contributed by atoms with E-state index in [4.69, 9.17) is 14.2 Å². The zero-order chi connectivity index (χ0) is 25.5. The van der Waals surface area contributed by atoms with Crippen LogP contribution < -0.4 is 14.8 Å². The molecule has 0 saturated carbocycles. The van der Waals surface area contributed by atoms with Gasteiger partial charge in [0.1, 0.15) is 13.2 Å². The number of nitrogens with zero attached hydrogens (tertiary/aromatic N) is 1. The Hall–Kier alpha value is -3.44. The number of piperidine rings is 1. The summed E-state index contributed by atoms with van der Waals surface area (Å²) in [7, 11) is -3.64. The molecule has 0 aliphatic carbocycles. The highest BCUT2D eigenvalue weighted by Gasteiger charge is 2.26. The first kappa shape index (κ1) is 25.6. The molecule has 2 aliphatic rings. The van der Waals surface area contributed by atoms with Gasteiger partial charge in [0.15, 0.2) is 23.9 Å². The third-order valence-corrected chi connectivity index (χ3v) is 7.75. The van der Waals surface area contributed by atoms with E-state index in [1.807, 2.05) is 0 Å². The van der Waals surface area contributed by atoms with Crippen molar-refractivity contribution in [2.75, 3.05) is 38.2 Å². The maximum atomic E-state index is 12.8. The van der Waals surface area contributed by atoms with Crippen molar-refractivity contribution in [3.8, 4) is 11.5 Å². The third kappa shape index (κ3) is 6.41. The molecule has 11 heteroatoms. The number of carbonyl (C=O) groups is 3. The van der Waals surface area contributed by atoms with Crippen molar-refractivity contribution >= 4 is 33.4 Å². The van der Waals surface area contributed by atoms with Crippen molar-refractivity contribution in [1.29, 1.82) is 0 Å². The van der Waals surface area contributed by atoms with E-state index in [0.717, 1.165) is 19.3 Å². The second-order valence-electron chi connectivity index (χ2n) is 8.48. The van der Waals surface area contributed by atoms with Crippen molar-refractivity contribution in [1.82, 2.24) is 4.31 Å². The van der Waals surface area contributed by atoms with Crippen LogP contribution in [-0.4, -0.2) is 63.3 Å². The van der Waals surface area contributed by atoms with Crippen LogP contribution in [0.5, 0.6) is 11.5 Å². The van der Waals surface area contributed by atoms with Crippen molar-refractivity contribution in [3.05, 3.63) is 48.0 Å². The van der Waals surface area contributed by atoms with Gasteiger partial charge in [0.25, 0.3) is 5.91 Å². The summed E-state index contributed by atoms with van der Waals surface area (Å²) in [6.45, 7) is 1.25. The molecular weight excluding hydrogens is 488 g/mol. The van der Waals surface area contributed by atoms with Gasteiger partial charge in [0, 0.05) is 30.8 Å². The quantitative estimate of drug-likeness (QED) is 0.398. The van der Waals surface area contributed by atoms with Crippen LogP contribution >= 0.6 is 0 Å². The second-order valence-corrected chi connectivity index (χ2v) is 10.4. The number of carbonyl (C=O) groups excluding carboxylic acids is 3. The lowest BCUT2D eigenvalue weighted by Crippen LogP contribution is -2.35. The average Bonchev–Trinajstić information content (AvgIpc) is 2.91. The Kier molecular flexibility index (Phi) is 8.21. The lowest BCUT2D eigenvalue weighted by atomic mass is 10.1. The van der Waals surface area contributed by atoms with Crippen molar-refractivity contribution < 1.29 is 37.0 Å². The van der Waals surface area contributed by atoms with Gasteiger partial charge in [0.05, 0.1) is 11.3 Å². The minimum absolute atomic E-state index is 0.0868. The molecule has 192 valence electrons. The summed E-state index contributed by atoms with van der Waals surface area (Å²) in [5, 5.41) is 2.54. The van der Waals surface area contributed by atoms with E-state index in [9.17, 15) is 22.8 Å². The molecular formula is C25H28N2O8S. The maximum Gasteiger partial charge on any atom is 0.306 e. The number of amides is 1. The van der Waals surface area contributed by atoms with Gasteiger partial charge < -0.3 is 19.5 Å². The second kappa shape index (κ2) is 11.5. The lowest BCUT2D eigenvalue weighted by molar-refractivity contribution is -0.147. The summed E-state index contributed by atoms with van der Waals surface area (Å²) in [6, 6.07) is 10.8. The third-order valence-electron chi connectivity index (χ3n) is 5.86. The van der Waals surface area contributed by atoms with Gasteiger partial charge in [-0.25, -0.2) is 8.42 Å². The van der Waals surface area contributed by atoms with E-state index in [1.165, 1.54) is 16.4 Å². The molecule has 0 unspecified atom stereocenters. The fourth-order valence-electron chi connectivity index (χ4n) is 3.98. The molecule has 1 saturated heterocycles. The Labute approximate surface area is 209 Å². The standard InChI is InChI=1S/C25H28N2O8S/c28-21(18-7-9-22-23(15-18)34-14-13-33-22)8-10-25(30)35-17-24(29)26-19-5-4-6-20(16-19)36(31,32)27-11-2-1-3-12-27/h4-7,9,15-16H,1-3,8,10-14,17H2,(H,26,29). The summed E-state index contributed by atoms with van der Waals surface area (Å²) in [4.78, 5) is 36.8. The number of sulfonamides is 1. The molecule has 1 fully saturated rings. The Morgan fingerprint density at radius 2 is 1.67 bits per heavy atom. The van der Waals surface area contributed by atoms with Crippen LogP contribution in [0.15, 0.2) is 47.4 Å². The van der Waals surface area contributed by atoms with Crippen molar-refractivity contribution in [2.24, 2.45) is 0 Å². The van der Waals surface area contributed by atoms with E-state index in [0.29, 0.717) is 43.4 Å². The number of fused-ring (bicyclic) bond motifs is 1. The number of nitrogens with one attached hydrogen (secondary N) is 1. The molecule has 0 radical (unpaired) electrons. The summed E-state index contributed by atoms with van der Waals surface area (Å²) in [6.07, 6.45) is 2.38. The fourth-order valence-corrected chi connectivity index (χ4v) is 5.54. The molecule has 0 bridgehead atoms. The zero-order valence-electron chi connectivity index (χ0n) is 19.7. The number of anilines is 1. The van der Waals surface area contributed by atoms with Crippen LogP contribution in [-0.2, 0) is 24.3 Å². The van der Waals surface area contributed by atoms with Gasteiger partial charge in [0.2, 0.25) is 10.0 Å². The molecule has 2 aliphatic heterocycles. The van der Waals surface area contributed by atoms with Crippen LogP contribution in [0, 0.1) is 0 Å². The maximum absolute atomic E-state index is 12.8. The highest BCUT2D eigenvalue weighted by Crippen LogP contribution is 2.31. The fraction of sp³-hybridized carbons (Fsp3) is 0.400. The summed E-state index contributed by atoms with van der Waals surface area (Å²) >= 11 is 0. The topological polar surface area (TPSA) is 128 Å². The molecule has 2 aromatic carbocycles. The molecule has 2 aromatic rings. The summed E-state index contributed by atoms with van der Waals surface area (Å²) in [5.41, 5.74) is 0.673. The molecule has 0 atom stereocenters. The molecule has 1 N–H and O–H groups in total. The minimum atomic E-state index is -3.64. The largest absolute Gasteiger partial charge is 0.486 e. The first-order valence-electron chi connectivity index (χ1n) is 11.8. The monoisotopic (exact) mass is 516 g/mol. The van der Waals surface area contributed by atoms with E-state index in [2.05, 4.69) is 5.32 Å². The van der Waals surface area contributed by atoms with Gasteiger partial charge in [-0.3, -0.25) is 14.4 Å². The number of ketones is 1. The first-order valence-corrected chi connectivity index (χ1v) is 13.3. The van der Waals surface area contributed by atoms with Crippen LogP contribution in [0.3, 0.4) is 0 Å². The predicted molar refractivity (Wildman–Crippen MR) is 130 cm³/mol. The molecule has 0 spiro atoms. The summed E-state index contributed by atoms with van der Waals surface area (Å²) < 4.78 is 43.0. The highest BCUT2D eigenvalue weighted by atomic mass is 32.2. The number of hydrogen-bond donors (Lipinski definition) is 1. The Morgan fingerprint density at radius 1 is 0.917 bits per heavy atom. The predicted octanol–water partition coefficient (Wildman–Crippen LogP) is 2.78. The Morgan fingerprint density at radius 3 is 2.44 bits per heavy atom. The van der Waals surface area contributed by atoms with Gasteiger partial charge in [-0.05, 0) is 49.2 Å². The van der Waals surface area contributed by atoms with Crippen LogP contribution in [0.2, 0.25) is 0 Å². The first-order chi connectivity index (χ1) is 17.3. The normalized spacial score (nSPS) is 15.7. The van der Waals surface area contributed by atoms with E-state index in [-0.39, 0.29) is 29.2 Å². The lowest BCUT2D eigenvalue weighted by Gasteiger charge is -2.26. The molecule has 0 aromatic heterocycles. The number of esters is 1. The van der Waals surface area contributed by atoms with E-state index < -0.39 is 28.5 Å². The smallest absolute Gasteiger partial charge is 0.306 e. The molecule has 36 heavy (non-hydrogen) atoms. The highest BCUT2D eigenvalue weighted by molar-refractivity contribution is 7.89. The number of hydrogen-bond acceptors (Lipinski definition) is 8. The molecule has 4 rings (SSSR count). The molecule has 2 heterocycles. The van der Waals surface area contributed by atoms with Gasteiger partial charge in [-0.1, -0.05) is 12.5 Å². The Balaban J connectivity index is 1.24. The number of ether oxygens (including phenoxy) is 3. The zero-order valence-corrected chi connectivity index (χ0v) is 20.6. The average molecular weight is 517 g/mol. The minimum Gasteiger partial charge on any atom is -0.486 e. The van der Waals surface area contributed by atoms with E-state index >= 15 is 0 Å². The SMILES string of the molecule is O=C(COC(=O)CCC(=O)c1ccc2c(c1)OCCO2)Nc1cccc(S(=O)(=O)N2CCCCC2)c1. The van der Waals surface area contributed by atoms with Gasteiger partial charge >= 0.3 is 5.97 Å². The van der Waals surface area contributed by atoms with Crippen molar-refractivity contribution in [3.63, 3.8) is 0 Å². The van der Waals surface area contributed by atoms with E-state index in [1.54, 1.807) is 30.3 Å². The summed E-state index contributed by atoms with van der Waals surface area (Å²) in [5.74, 6) is -0.524. The number of benzene rings is 2. The van der Waals surface area contributed by atoms with Gasteiger partial charge in [-0.15, -0.1) is 0 Å². The Bertz CT molecular complexity index is 1240. The number of Topliss-reactive ketones (excluding diaryl/α,β-unsaturated/α-hetero) is 1. The van der Waals surface area contributed by atoms with Gasteiger partial charge in [-0.2, -0.15) is 4.31 Å². The van der Waals surface area contributed by atoms with Crippen LogP contribution in [0.1, 0.15) is 42.5 Å².